The van der Waals surface area contributed by atoms with Crippen LogP contribution in [0, 0.1) is 57.2 Å². The van der Waals surface area contributed by atoms with Crippen LogP contribution in [0.1, 0.15) is 132 Å². The Morgan fingerprint density at radius 3 is 0.902 bits per heavy atom. The fourth-order valence-electron chi connectivity index (χ4n) is 20.7. The predicted molar refractivity (Wildman–Crippen MR) is 579 cm³/mol. The van der Waals surface area contributed by atoms with Gasteiger partial charge >= 0.3 is 0 Å². The molecule has 0 aliphatic heterocycles. The van der Waals surface area contributed by atoms with Gasteiger partial charge in [-0.05, 0) is 229 Å². The van der Waals surface area contributed by atoms with Gasteiger partial charge in [0.1, 0.15) is 17.5 Å². The van der Waals surface area contributed by atoms with E-state index in [9.17, 15) is 0 Å². The zero-order valence-electron chi connectivity index (χ0n) is 82.8. The monoisotopic (exact) mass is 2400 g/mol. The van der Waals surface area contributed by atoms with Gasteiger partial charge in [0.15, 0.2) is 52.1 Å². The minimum absolute atomic E-state index is 0. The normalized spacial score (nSPS) is 11.9. The summed E-state index contributed by atoms with van der Waals surface area (Å²) < 4.78 is 20.4. The maximum absolute atomic E-state index is 4.91. The third-order valence-corrected chi connectivity index (χ3v) is 28.6. The summed E-state index contributed by atoms with van der Waals surface area (Å²) in [4.78, 5) is 14.7. The SMILES string of the molecule is Cc1ccccc1-c1ccnc(-n2c3[c-]c(C(C)(C)c4[c-]c(-n5[cH+]n(C(C)(C)C)c6ccccc65)ccc4)ccc3c3ccccc32)c1.Cc1ccccc1-c1ccnc(-n2c3[c-]c(C(C)(C)c4[c-]c(-n5[cH+]n(C(C)C)c6ccccc65)ccc4)ccc3c3ccccc32)c1.Cc1ccccc1-c1ccnc(-n2c3[c-]c(C(C)(C)c4[c-]c(-n5[cH+]n(C)c6ccccc65)ccc4)ccc3c3ccccc32)c1.[Pt].[Pt].[Pt]. The first kappa shape index (κ1) is 97.4. The Balaban J connectivity index is 0.000000135. The van der Waals surface area contributed by atoms with Crippen molar-refractivity contribution >= 4 is 98.5 Å². The molecule has 0 unspecified atom stereocenters. The van der Waals surface area contributed by atoms with Crippen molar-refractivity contribution in [1.29, 1.82) is 0 Å². The van der Waals surface area contributed by atoms with Gasteiger partial charge in [-0.3, -0.25) is 0 Å². The topological polar surface area (TPSA) is 83.0 Å². The molecule has 0 atom stereocenters. The number of aromatic nitrogens is 12. The van der Waals surface area contributed by atoms with Crippen molar-refractivity contribution in [1.82, 2.24) is 56.1 Å². The number of hydrogen-bond donors (Lipinski definition) is 0. The Hall–Kier alpha value is -14.4. The summed E-state index contributed by atoms with van der Waals surface area (Å²) in [5, 5.41) is 7.07. The molecule has 9 aromatic heterocycles. The Morgan fingerprint density at radius 2 is 0.552 bits per heavy atom. The molecule has 24 aromatic rings. The van der Waals surface area contributed by atoms with E-state index in [1.165, 1.54) is 71.6 Å². The molecule has 0 N–H and O–H groups in total. The Kier molecular flexibility index (Phi) is 26.7. The van der Waals surface area contributed by atoms with Crippen LogP contribution in [-0.2, 0) is 92.0 Å². The maximum Gasteiger partial charge on any atom is 0.188 e. The largest absolute Gasteiger partial charge is 0.319 e. The average Bonchev–Trinajstić information content (AvgIpc) is 1.59. The van der Waals surface area contributed by atoms with E-state index in [0.29, 0.717) is 6.04 Å². The zero-order chi connectivity index (χ0) is 96.2. The van der Waals surface area contributed by atoms with Crippen molar-refractivity contribution < 1.29 is 63.2 Å². The van der Waals surface area contributed by atoms with Crippen LogP contribution < -0.4 is 0 Å². The number of fused-ring (bicyclic) bond motifs is 12. The van der Waals surface area contributed by atoms with Crippen LogP contribution in [-0.4, -0.2) is 56.1 Å². The molecular weight excluding hydrogens is 2290 g/mol. The van der Waals surface area contributed by atoms with Crippen molar-refractivity contribution in [2.75, 3.05) is 0 Å². The van der Waals surface area contributed by atoms with Crippen LogP contribution in [0.4, 0.5) is 0 Å². The Morgan fingerprint density at radius 1 is 0.266 bits per heavy atom. The second-order valence-corrected chi connectivity index (χ2v) is 39.9. The van der Waals surface area contributed by atoms with Crippen LogP contribution in [0.15, 0.2) is 383 Å². The molecule has 15 heteroatoms. The van der Waals surface area contributed by atoms with E-state index in [0.717, 1.165) is 145 Å². The van der Waals surface area contributed by atoms with Gasteiger partial charge in [-0.1, -0.05) is 185 Å². The Bertz CT molecular complexity index is 8970. The summed E-state index contributed by atoms with van der Waals surface area (Å²) >= 11 is 0. The summed E-state index contributed by atoms with van der Waals surface area (Å²) in [5.74, 6) is 2.65. The van der Waals surface area contributed by atoms with Gasteiger partial charge in [-0.2, -0.15) is 108 Å². The molecule has 0 amide bonds. The van der Waals surface area contributed by atoms with E-state index < -0.39 is 0 Å². The van der Waals surface area contributed by atoms with Gasteiger partial charge in [0.25, 0.3) is 0 Å². The first-order valence-corrected chi connectivity index (χ1v) is 48.4. The van der Waals surface area contributed by atoms with Crippen molar-refractivity contribution in [3.63, 3.8) is 0 Å². The van der Waals surface area contributed by atoms with Crippen LogP contribution in [0.2, 0.25) is 0 Å². The molecule has 24 rings (SSSR count). The fraction of sp³-hybridized carbons (Fsp3) is 0.156. The van der Waals surface area contributed by atoms with Crippen LogP contribution in [0.5, 0.6) is 0 Å². The van der Waals surface area contributed by atoms with E-state index >= 15 is 0 Å². The quantitative estimate of drug-likeness (QED) is 0.0904. The molecular formula is C128H109N12Pt3-3. The van der Waals surface area contributed by atoms with E-state index in [1.54, 1.807) is 0 Å². The first-order chi connectivity index (χ1) is 67.8. The molecule has 714 valence electrons. The summed E-state index contributed by atoms with van der Waals surface area (Å²) in [6, 6.07) is 146. The van der Waals surface area contributed by atoms with Gasteiger partial charge in [-0.15, -0.1) is 69.2 Å². The fourth-order valence-corrected chi connectivity index (χ4v) is 20.7. The maximum atomic E-state index is 4.91. The molecule has 0 saturated carbocycles. The average molecular weight is 2400 g/mol. The first-order valence-electron chi connectivity index (χ1n) is 48.4. The van der Waals surface area contributed by atoms with Gasteiger partial charge in [-0.25, -0.2) is 42.4 Å². The third-order valence-electron chi connectivity index (χ3n) is 28.6. The second-order valence-electron chi connectivity index (χ2n) is 39.9. The third kappa shape index (κ3) is 17.7. The number of pyridine rings is 3. The van der Waals surface area contributed by atoms with E-state index in [2.05, 4.69) is 546 Å². The number of hydrogen-bond acceptors (Lipinski definition) is 3. The van der Waals surface area contributed by atoms with E-state index in [-0.39, 0.29) is 85.0 Å². The summed E-state index contributed by atoms with van der Waals surface area (Å²) in [6.07, 6.45) is 12.3. The van der Waals surface area contributed by atoms with Gasteiger partial charge in [0.2, 0.25) is 0 Å². The molecule has 15 aromatic carbocycles. The number of nitrogens with zero attached hydrogens (tertiary/aromatic N) is 12. The number of benzene rings is 15. The van der Waals surface area contributed by atoms with Gasteiger partial charge in [0, 0.05) is 159 Å². The summed E-state index contributed by atoms with van der Waals surface area (Å²) in [6.45, 7) is 31.3. The minimum atomic E-state index is -0.370. The number of rotatable bonds is 16. The van der Waals surface area contributed by atoms with Crippen molar-refractivity contribution in [3.05, 3.63) is 470 Å². The summed E-state index contributed by atoms with van der Waals surface area (Å²) in [7, 11) is 2.08. The van der Waals surface area contributed by atoms with Crippen molar-refractivity contribution in [3.8, 4) is 67.9 Å². The van der Waals surface area contributed by atoms with Gasteiger partial charge < -0.3 is 13.7 Å². The predicted octanol–water partition coefficient (Wildman–Crippen LogP) is 31.2. The minimum Gasteiger partial charge on any atom is -0.319 e. The molecule has 12 nitrogen and oxygen atoms in total. The molecule has 0 bridgehead atoms. The van der Waals surface area contributed by atoms with Crippen LogP contribution in [0.25, 0.3) is 166 Å². The number of aryl methyl sites for hydroxylation is 4. The number of para-hydroxylation sites is 9. The molecule has 143 heavy (non-hydrogen) atoms. The van der Waals surface area contributed by atoms with Crippen molar-refractivity contribution in [2.24, 2.45) is 7.05 Å². The smallest absolute Gasteiger partial charge is 0.188 e. The standard InChI is InChI=1S/C44H39N4.C43H37N4.C41H33N4.3Pt/c1-30-14-7-8-17-35(30)31-24-25-45-42(26-31)48-38-19-10-9-18-36(38)37-23-22-33(28-41(37)48)44(5,6)32-15-13-16-34(27-32)46-29-47(43(2,3)4)40-21-12-11-20-39(40)46;1-29(2)45-28-46(40-20-11-10-19-39(40)45)34-15-12-14-32(26-34)43(4,5)33-21-22-37-36-17-8-9-18-38(36)47(41(37)27-33)42-25-31(23-24-44-42)35-16-7-6-13-30(35)3;1-28-12-5-6-15-33(28)29-22-23-42-40(24-29)45-36-17-8-7-16-34(36)35-21-20-31(26-39(35)45)41(2,3)30-13-11-14-32(25-30)44-27-43(4)37-18-9-10-19-38(37)44;;;/h7-26,29H,1-6H3;6-25,28-29H,1-5H3;5-24,27H,1-4H3;;;/q3*-1;;;. The Labute approximate surface area is 879 Å². The molecule has 0 spiro atoms. The van der Waals surface area contributed by atoms with E-state index in [4.69, 9.17) is 15.0 Å². The molecule has 0 saturated heterocycles. The zero-order valence-corrected chi connectivity index (χ0v) is 89.6. The summed E-state index contributed by atoms with van der Waals surface area (Å²) in [5.41, 5.74) is 32.9. The molecule has 9 heterocycles. The van der Waals surface area contributed by atoms with Crippen LogP contribution in [0.3, 0.4) is 0 Å². The molecule has 0 radical (unpaired) electrons. The molecule has 0 fully saturated rings. The number of imidazole rings is 3. The second kappa shape index (κ2) is 39.1. The van der Waals surface area contributed by atoms with Crippen molar-refractivity contribution in [2.45, 2.75) is 125 Å². The molecule has 0 aliphatic carbocycles. The van der Waals surface area contributed by atoms with Crippen LogP contribution >= 0.6 is 0 Å². The molecule has 0 aliphatic rings. The van der Waals surface area contributed by atoms with Gasteiger partial charge in [0.05, 0.1) is 11.6 Å². The van der Waals surface area contributed by atoms with E-state index in [1.807, 2.05) is 18.6 Å².